The number of hydrogen-bond donors (Lipinski definition) is 2. The molecule has 0 aliphatic rings. The molecule has 0 aliphatic heterocycles. The molecule has 0 fully saturated rings. The fourth-order valence-electron chi connectivity index (χ4n) is 2.18. The van der Waals surface area contributed by atoms with E-state index < -0.39 is 0 Å². The zero-order chi connectivity index (χ0) is 15.3. The molecule has 0 spiro atoms. The first-order valence-corrected chi connectivity index (χ1v) is 7.31. The van der Waals surface area contributed by atoms with Crippen molar-refractivity contribution in [3.8, 4) is 0 Å². The number of anilines is 2. The maximum Gasteiger partial charge on any atom is 0.251 e. The van der Waals surface area contributed by atoms with Gasteiger partial charge in [-0.1, -0.05) is 13.8 Å². The monoisotopic (exact) mass is 277 g/mol. The molecule has 4 heteroatoms. The molecular weight excluding hydrogens is 250 g/mol. The van der Waals surface area contributed by atoms with E-state index in [1.807, 2.05) is 19.1 Å². The summed E-state index contributed by atoms with van der Waals surface area (Å²) in [6, 6.07) is 5.82. The SMILES string of the molecule is CCNC(=O)c1ccc(N)c(N(CC(C)C)C(C)C)c1. The van der Waals surface area contributed by atoms with Crippen molar-refractivity contribution in [2.45, 2.75) is 40.7 Å². The highest BCUT2D eigenvalue weighted by molar-refractivity contribution is 5.96. The number of carbonyl (C=O) groups excluding carboxylic acids is 1. The number of hydrogen-bond acceptors (Lipinski definition) is 3. The summed E-state index contributed by atoms with van der Waals surface area (Å²) in [5, 5.41) is 2.82. The topological polar surface area (TPSA) is 58.4 Å². The number of nitrogens with one attached hydrogen (secondary N) is 1. The largest absolute Gasteiger partial charge is 0.397 e. The second-order valence-electron chi connectivity index (χ2n) is 5.77. The van der Waals surface area contributed by atoms with E-state index in [0.29, 0.717) is 29.8 Å². The molecule has 0 heterocycles. The standard InChI is InChI=1S/C16H27N3O/c1-6-18-16(20)13-7-8-14(17)15(9-13)19(12(4)5)10-11(2)3/h7-9,11-12H,6,10,17H2,1-5H3,(H,18,20). The van der Waals surface area contributed by atoms with Crippen LogP contribution in [0.1, 0.15) is 45.0 Å². The van der Waals surface area contributed by atoms with E-state index in [9.17, 15) is 4.79 Å². The predicted molar refractivity (Wildman–Crippen MR) is 86.2 cm³/mol. The van der Waals surface area contributed by atoms with E-state index in [0.717, 1.165) is 12.2 Å². The fraction of sp³-hybridized carbons (Fsp3) is 0.562. The molecular formula is C16H27N3O. The third kappa shape index (κ3) is 4.15. The molecule has 1 amide bonds. The molecule has 0 unspecified atom stereocenters. The molecule has 1 aromatic carbocycles. The van der Waals surface area contributed by atoms with Gasteiger partial charge in [0.15, 0.2) is 0 Å². The lowest BCUT2D eigenvalue weighted by Crippen LogP contribution is -2.35. The van der Waals surface area contributed by atoms with Crippen LogP contribution in [0.2, 0.25) is 0 Å². The van der Waals surface area contributed by atoms with Crippen molar-refractivity contribution < 1.29 is 4.79 Å². The summed E-state index contributed by atoms with van der Waals surface area (Å²) in [4.78, 5) is 14.2. The molecule has 4 nitrogen and oxygen atoms in total. The molecule has 112 valence electrons. The zero-order valence-electron chi connectivity index (χ0n) is 13.2. The number of nitrogen functional groups attached to an aromatic ring is 1. The van der Waals surface area contributed by atoms with E-state index in [2.05, 4.69) is 37.9 Å². The Labute approximate surface area is 122 Å². The van der Waals surface area contributed by atoms with E-state index in [-0.39, 0.29) is 5.91 Å². The smallest absolute Gasteiger partial charge is 0.251 e. The fourth-order valence-corrected chi connectivity index (χ4v) is 2.18. The van der Waals surface area contributed by atoms with Crippen molar-refractivity contribution in [3.05, 3.63) is 23.8 Å². The van der Waals surface area contributed by atoms with Gasteiger partial charge < -0.3 is 16.0 Å². The summed E-state index contributed by atoms with van der Waals surface area (Å²) in [6.07, 6.45) is 0. The highest BCUT2D eigenvalue weighted by Gasteiger charge is 2.17. The lowest BCUT2D eigenvalue weighted by atomic mass is 10.1. The van der Waals surface area contributed by atoms with E-state index in [1.54, 1.807) is 6.07 Å². The molecule has 1 rings (SSSR count). The number of nitrogens with two attached hydrogens (primary N) is 1. The third-order valence-corrected chi connectivity index (χ3v) is 3.12. The summed E-state index contributed by atoms with van der Waals surface area (Å²) in [5.74, 6) is 0.479. The molecule has 0 saturated heterocycles. The summed E-state index contributed by atoms with van der Waals surface area (Å²) < 4.78 is 0. The Balaban J connectivity index is 3.13. The Hall–Kier alpha value is -1.71. The minimum absolute atomic E-state index is 0.0537. The van der Waals surface area contributed by atoms with Crippen molar-refractivity contribution in [1.29, 1.82) is 0 Å². The van der Waals surface area contributed by atoms with Crippen LogP contribution in [-0.4, -0.2) is 25.0 Å². The summed E-state index contributed by atoms with van der Waals surface area (Å²) in [5.41, 5.74) is 8.42. The minimum Gasteiger partial charge on any atom is -0.397 e. The van der Waals surface area contributed by atoms with Crippen molar-refractivity contribution in [1.82, 2.24) is 5.32 Å². The van der Waals surface area contributed by atoms with Gasteiger partial charge in [-0.3, -0.25) is 4.79 Å². The zero-order valence-corrected chi connectivity index (χ0v) is 13.2. The Kier molecular flexibility index (Phi) is 5.86. The Morgan fingerprint density at radius 1 is 1.30 bits per heavy atom. The second-order valence-corrected chi connectivity index (χ2v) is 5.77. The van der Waals surface area contributed by atoms with Crippen LogP contribution in [0.4, 0.5) is 11.4 Å². The van der Waals surface area contributed by atoms with Gasteiger partial charge in [-0.25, -0.2) is 0 Å². The quantitative estimate of drug-likeness (QED) is 0.786. The average molecular weight is 277 g/mol. The van der Waals surface area contributed by atoms with Gasteiger partial charge in [0.05, 0.1) is 11.4 Å². The first-order valence-electron chi connectivity index (χ1n) is 7.31. The highest BCUT2D eigenvalue weighted by atomic mass is 16.1. The maximum absolute atomic E-state index is 12.0. The lowest BCUT2D eigenvalue weighted by molar-refractivity contribution is 0.0956. The molecule has 0 aromatic heterocycles. The molecule has 20 heavy (non-hydrogen) atoms. The van der Waals surface area contributed by atoms with Crippen LogP contribution < -0.4 is 16.0 Å². The van der Waals surface area contributed by atoms with Crippen molar-refractivity contribution in [2.75, 3.05) is 23.7 Å². The summed E-state index contributed by atoms with van der Waals surface area (Å²) in [7, 11) is 0. The van der Waals surface area contributed by atoms with Crippen LogP contribution in [0.3, 0.4) is 0 Å². The van der Waals surface area contributed by atoms with Gasteiger partial charge in [0, 0.05) is 24.7 Å². The number of benzene rings is 1. The molecule has 0 saturated carbocycles. The predicted octanol–water partition coefficient (Wildman–Crippen LogP) is 2.89. The van der Waals surface area contributed by atoms with Gasteiger partial charge >= 0.3 is 0 Å². The molecule has 0 atom stereocenters. The number of carbonyl (C=O) groups is 1. The van der Waals surface area contributed by atoms with Crippen molar-refractivity contribution >= 4 is 17.3 Å². The summed E-state index contributed by atoms with van der Waals surface area (Å²) >= 11 is 0. The van der Waals surface area contributed by atoms with E-state index in [1.165, 1.54) is 0 Å². The first kappa shape index (κ1) is 16.3. The van der Waals surface area contributed by atoms with Crippen LogP contribution in [0, 0.1) is 5.92 Å². The van der Waals surface area contributed by atoms with Gasteiger partial charge in [-0.2, -0.15) is 0 Å². The normalized spacial score (nSPS) is 10.9. The Morgan fingerprint density at radius 2 is 1.95 bits per heavy atom. The maximum atomic E-state index is 12.0. The lowest BCUT2D eigenvalue weighted by Gasteiger charge is -2.32. The molecule has 3 N–H and O–H groups in total. The van der Waals surface area contributed by atoms with Crippen molar-refractivity contribution in [3.63, 3.8) is 0 Å². The van der Waals surface area contributed by atoms with Gasteiger partial charge in [0.2, 0.25) is 0 Å². The van der Waals surface area contributed by atoms with Gasteiger partial charge in [0.1, 0.15) is 0 Å². The second kappa shape index (κ2) is 7.17. The Bertz CT molecular complexity index is 455. The van der Waals surface area contributed by atoms with E-state index in [4.69, 9.17) is 5.73 Å². The highest BCUT2D eigenvalue weighted by Crippen LogP contribution is 2.27. The molecule has 0 bridgehead atoms. The van der Waals surface area contributed by atoms with Gasteiger partial charge in [0.25, 0.3) is 5.91 Å². The molecule has 1 aromatic rings. The third-order valence-electron chi connectivity index (χ3n) is 3.12. The van der Waals surface area contributed by atoms with Crippen LogP contribution in [0.25, 0.3) is 0 Å². The summed E-state index contributed by atoms with van der Waals surface area (Å²) in [6.45, 7) is 12.1. The minimum atomic E-state index is -0.0537. The van der Waals surface area contributed by atoms with Gasteiger partial charge in [-0.15, -0.1) is 0 Å². The van der Waals surface area contributed by atoms with Gasteiger partial charge in [-0.05, 0) is 44.9 Å². The number of rotatable bonds is 6. The molecule has 0 aliphatic carbocycles. The molecule has 0 radical (unpaired) electrons. The van der Waals surface area contributed by atoms with Crippen LogP contribution >= 0.6 is 0 Å². The van der Waals surface area contributed by atoms with Crippen LogP contribution in [0.5, 0.6) is 0 Å². The van der Waals surface area contributed by atoms with Crippen LogP contribution in [-0.2, 0) is 0 Å². The first-order chi connectivity index (χ1) is 9.36. The number of amides is 1. The average Bonchev–Trinajstić information content (AvgIpc) is 2.36. The Morgan fingerprint density at radius 3 is 2.45 bits per heavy atom. The van der Waals surface area contributed by atoms with Crippen molar-refractivity contribution in [2.24, 2.45) is 5.92 Å². The number of nitrogens with zero attached hydrogens (tertiary/aromatic N) is 1. The van der Waals surface area contributed by atoms with E-state index >= 15 is 0 Å². The van der Waals surface area contributed by atoms with Crippen LogP contribution in [0.15, 0.2) is 18.2 Å².